The maximum atomic E-state index is 14.4. The fraction of sp³-hybridized carbons (Fsp3) is 0.368. The molecular formula is C19H19FN8. The summed E-state index contributed by atoms with van der Waals surface area (Å²) in [6, 6.07) is 6.98. The smallest absolute Gasteiger partial charge is 0.183 e. The molecule has 9 heteroatoms. The van der Waals surface area contributed by atoms with Gasteiger partial charge in [0.25, 0.3) is 0 Å². The van der Waals surface area contributed by atoms with Gasteiger partial charge in [-0.05, 0) is 25.0 Å². The van der Waals surface area contributed by atoms with Crippen LogP contribution in [0.2, 0.25) is 0 Å². The second kappa shape index (κ2) is 5.88. The predicted octanol–water partition coefficient (Wildman–Crippen LogP) is 2.45. The average molecular weight is 378 g/mol. The third-order valence-electron chi connectivity index (χ3n) is 6.10. The fourth-order valence-corrected chi connectivity index (χ4v) is 4.87. The number of benzene rings is 1. The highest BCUT2D eigenvalue weighted by molar-refractivity contribution is 6.10. The van der Waals surface area contributed by atoms with Crippen LogP contribution in [0.5, 0.6) is 0 Å². The molecule has 1 saturated carbocycles. The molecule has 28 heavy (non-hydrogen) atoms. The van der Waals surface area contributed by atoms with Crippen molar-refractivity contribution in [3.05, 3.63) is 54.5 Å². The Labute approximate surface area is 160 Å². The lowest BCUT2D eigenvalue weighted by molar-refractivity contribution is 0.176. The molecule has 2 aliphatic heterocycles. The van der Waals surface area contributed by atoms with E-state index in [1.165, 1.54) is 23.6 Å². The molecule has 2 aromatic heterocycles. The van der Waals surface area contributed by atoms with Crippen molar-refractivity contribution in [1.82, 2.24) is 30.0 Å². The first-order chi connectivity index (χ1) is 13.8. The normalized spacial score (nSPS) is 25.5. The van der Waals surface area contributed by atoms with Crippen LogP contribution in [0.25, 0.3) is 5.69 Å². The van der Waals surface area contributed by atoms with Gasteiger partial charge in [0.1, 0.15) is 29.2 Å². The second-order valence-corrected chi connectivity index (χ2v) is 7.54. The van der Waals surface area contributed by atoms with Crippen LogP contribution in [-0.2, 0) is 0 Å². The standard InChI is InChI=1S/C19H19FN8/c20-13-6-2-4-8-15(13)28-16(9-22-25-28)19-24-23-18-12-5-1-3-7-14(12)26-11-21-10-17(26)27(18)19/h2,4,6,8-12,14,18,23H,1,3,5,7H2. The molecule has 0 bridgehead atoms. The topological polar surface area (TPSA) is 76.2 Å². The van der Waals surface area contributed by atoms with E-state index in [9.17, 15) is 4.39 Å². The summed E-state index contributed by atoms with van der Waals surface area (Å²) in [4.78, 5) is 6.57. The average Bonchev–Trinajstić information content (AvgIpc) is 3.46. The van der Waals surface area contributed by atoms with Crippen LogP contribution in [-0.4, -0.2) is 36.5 Å². The van der Waals surface area contributed by atoms with E-state index in [1.807, 2.05) is 12.5 Å². The Morgan fingerprint density at radius 2 is 2.00 bits per heavy atom. The van der Waals surface area contributed by atoms with E-state index in [-0.39, 0.29) is 12.0 Å². The fourth-order valence-electron chi connectivity index (χ4n) is 4.87. The van der Waals surface area contributed by atoms with Crippen LogP contribution in [0.3, 0.4) is 0 Å². The van der Waals surface area contributed by atoms with Gasteiger partial charge in [0.2, 0.25) is 0 Å². The lowest BCUT2D eigenvalue weighted by atomic mass is 9.80. The molecule has 1 aromatic carbocycles. The van der Waals surface area contributed by atoms with Crippen LogP contribution in [0.15, 0.2) is 48.1 Å². The number of fused-ring (bicyclic) bond motifs is 6. The largest absolute Gasteiger partial charge is 0.314 e. The number of aromatic nitrogens is 5. The van der Waals surface area contributed by atoms with Crippen LogP contribution in [0.1, 0.15) is 37.4 Å². The molecular weight excluding hydrogens is 359 g/mol. The summed E-state index contributed by atoms with van der Waals surface area (Å²) in [5.41, 5.74) is 4.32. The maximum absolute atomic E-state index is 14.4. The first kappa shape index (κ1) is 15.8. The molecule has 1 fully saturated rings. The SMILES string of the molecule is Fc1ccccc1-n1nncc1C1=NNC2C3CCCCC3n3cncc3N12. The summed E-state index contributed by atoms with van der Waals surface area (Å²) in [5, 5.41) is 12.8. The van der Waals surface area contributed by atoms with Crippen molar-refractivity contribution in [3.63, 3.8) is 0 Å². The van der Waals surface area contributed by atoms with Crippen molar-refractivity contribution in [1.29, 1.82) is 0 Å². The number of hydrogen-bond acceptors (Lipinski definition) is 6. The molecule has 0 amide bonds. The number of anilines is 1. The molecule has 1 N–H and O–H groups in total. The zero-order chi connectivity index (χ0) is 18.7. The minimum absolute atomic E-state index is 0.0634. The zero-order valence-electron chi connectivity index (χ0n) is 15.1. The third kappa shape index (κ3) is 2.10. The number of nitrogens with one attached hydrogen (secondary N) is 1. The van der Waals surface area contributed by atoms with E-state index in [0.29, 0.717) is 29.2 Å². The molecule has 3 aliphatic rings. The molecule has 1 aliphatic carbocycles. The number of halogens is 1. The Bertz CT molecular complexity index is 1070. The molecule has 0 saturated heterocycles. The molecule has 4 heterocycles. The molecule has 142 valence electrons. The number of imidazole rings is 1. The Kier molecular flexibility index (Phi) is 3.32. The van der Waals surface area contributed by atoms with Crippen molar-refractivity contribution in [2.45, 2.75) is 37.9 Å². The molecule has 3 unspecified atom stereocenters. The Morgan fingerprint density at radius 3 is 2.93 bits per heavy atom. The lowest BCUT2D eigenvalue weighted by Crippen LogP contribution is -2.53. The summed E-state index contributed by atoms with van der Waals surface area (Å²) < 4.78 is 18.2. The number of rotatable bonds is 2. The van der Waals surface area contributed by atoms with Gasteiger partial charge in [0.05, 0.1) is 18.7 Å². The molecule has 3 atom stereocenters. The van der Waals surface area contributed by atoms with Gasteiger partial charge >= 0.3 is 0 Å². The second-order valence-electron chi connectivity index (χ2n) is 7.54. The van der Waals surface area contributed by atoms with Gasteiger partial charge in [0, 0.05) is 12.0 Å². The van der Waals surface area contributed by atoms with Crippen molar-refractivity contribution in [2.75, 3.05) is 4.90 Å². The highest BCUT2D eigenvalue weighted by Crippen LogP contribution is 2.45. The van der Waals surface area contributed by atoms with E-state index >= 15 is 0 Å². The van der Waals surface area contributed by atoms with Gasteiger partial charge in [-0.2, -0.15) is 5.10 Å². The number of amidine groups is 1. The maximum Gasteiger partial charge on any atom is 0.183 e. The van der Waals surface area contributed by atoms with E-state index in [0.717, 1.165) is 18.7 Å². The van der Waals surface area contributed by atoms with Crippen molar-refractivity contribution >= 4 is 11.7 Å². The molecule has 8 nitrogen and oxygen atoms in total. The molecule has 3 aromatic rings. The first-order valence-corrected chi connectivity index (χ1v) is 9.63. The van der Waals surface area contributed by atoms with Gasteiger partial charge in [-0.15, -0.1) is 5.10 Å². The van der Waals surface area contributed by atoms with E-state index in [2.05, 4.69) is 35.3 Å². The summed E-state index contributed by atoms with van der Waals surface area (Å²) >= 11 is 0. The highest BCUT2D eigenvalue weighted by Gasteiger charge is 2.47. The summed E-state index contributed by atoms with van der Waals surface area (Å²) in [6.07, 6.45) is 10.2. The Balaban J connectivity index is 1.46. The molecule has 0 spiro atoms. The minimum Gasteiger partial charge on any atom is -0.314 e. The van der Waals surface area contributed by atoms with Gasteiger partial charge in [-0.3, -0.25) is 10.3 Å². The summed E-state index contributed by atoms with van der Waals surface area (Å²) in [7, 11) is 0. The minimum atomic E-state index is -0.353. The van der Waals surface area contributed by atoms with Crippen molar-refractivity contribution < 1.29 is 4.39 Å². The number of para-hydroxylation sites is 1. The van der Waals surface area contributed by atoms with E-state index in [1.54, 1.807) is 24.4 Å². The third-order valence-corrected chi connectivity index (χ3v) is 6.10. The molecule has 6 rings (SSSR count). The van der Waals surface area contributed by atoms with Crippen LogP contribution >= 0.6 is 0 Å². The number of nitrogens with zero attached hydrogens (tertiary/aromatic N) is 7. The van der Waals surface area contributed by atoms with E-state index < -0.39 is 0 Å². The van der Waals surface area contributed by atoms with Crippen LogP contribution < -0.4 is 10.3 Å². The van der Waals surface area contributed by atoms with Gasteiger partial charge in [-0.25, -0.2) is 14.1 Å². The van der Waals surface area contributed by atoms with Gasteiger partial charge < -0.3 is 4.57 Å². The van der Waals surface area contributed by atoms with Crippen molar-refractivity contribution in [3.8, 4) is 5.69 Å². The number of hydrazone groups is 1. The zero-order valence-corrected chi connectivity index (χ0v) is 15.1. The van der Waals surface area contributed by atoms with Gasteiger partial charge in [0.15, 0.2) is 5.84 Å². The summed E-state index contributed by atoms with van der Waals surface area (Å²) in [6.45, 7) is 0. The van der Waals surface area contributed by atoms with E-state index in [4.69, 9.17) is 0 Å². The Hall–Kier alpha value is -3.23. The number of hydrogen-bond donors (Lipinski definition) is 1. The Morgan fingerprint density at radius 1 is 1.11 bits per heavy atom. The van der Waals surface area contributed by atoms with Crippen LogP contribution in [0.4, 0.5) is 10.2 Å². The predicted molar refractivity (Wildman–Crippen MR) is 100 cm³/mol. The monoisotopic (exact) mass is 378 g/mol. The van der Waals surface area contributed by atoms with Gasteiger partial charge in [-0.1, -0.05) is 30.2 Å². The first-order valence-electron chi connectivity index (χ1n) is 9.63. The quantitative estimate of drug-likeness (QED) is 0.741. The van der Waals surface area contributed by atoms with Crippen LogP contribution in [0, 0.1) is 11.7 Å². The lowest BCUT2D eigenvalue weighted by Gasteiger charge is -2.45. The molecule has 0 radical (unpaired) electrons. The van der Waals surface area contributed by atoms with Crippen molar-refractivity contribution in [2.24, 2.45) is 11.0 Å². The highest BCUT2D eigenvalue weighted by atomic mass is 19.1. The summed E-state index contributed by atoms with van der Waals surface area (Å²) in [5.74, 6) is 1.77.